The number of benzene rings is 1. The molecule has 0 aliphatic carbocycles. The van der Waals surface area contributed by atoms with E-state index in [1.807, 2.05) is 19.1 Å². The molecule has 1 aromatic carbocycles. The summed E-state index contributed by atoms with van der Waals surface area (Å²) in [5, 5.41) is 9.77. The van der Waals surface area contributed by atoms with Crippen LogP contribution in [-0.2, 0) is 10.0 Å². The van der Waals surface area contributed by atoms with E-state index in [1.54, 1.807) is 50.3 Å². The lowest BCUT2D eigenvalue weighted by Crippen LogP contribution is -2.31. The van der Waals surface area contributed by atoms with Crippen molar-refractivity contribution in [3.63, 3.8) is 0 Å². The number of nitrogens with one attached hydrogen (secondary N) is 2. The van der Waals surface area contributed by atoms with Gasteiger partial charge in [-0.3, -0.25) is 9.89 Å². The lowest BCUT2D eigenvalue weighted by atomic mass is 10.1. The maximum Gasteiger partial charge on any atom is 0.256 e. The zero-order chi connectivity index (χ0) is 21.2. The summed E-state index contributed by atoms with van der Waals surface area (Å²) in [5.41, 5.74) is 1.67. The van der Waals surface area contributed by atoms with Gasteiger partial charge in [0.25, 0.3) is 5.91 Å². The van der Waals surface area contributed by atoms with Gasteiger partial charge in [0.05, 0.1) is 15.5 Å². The minimum Gasteiger partial charge on any atom is -0.305 e. The highest BCUT2D eigenvalue weighted by atomic mass is 32.2. The first-order valence-electron chi connectivity index (χ1n) is 9.30. The van der Waals surface area contributed by atoms with Crippen molar-refractivity contribution in [2.45, 2.75) is 32.6 Å². The molecule has 2 N–H and O–H groups in total. The van der Waals surface area contributed by atoms with Crippen LogP contribution in [0.5, 0.6) is 0 Å². The first-order valence-corrected chi connectivity index (χ1v) is 11.6. The average Bonchev–Trinajstić information content (AvgIpc) is 3.31. The van der Waals surface area contributed by atoms with E-state index in [4.69, 9.17) is 0 Å². The molecule has 0 saturated heterocycles. The molecule has 9 heteroatoms. The van der Waals surface area contributed by atoms with Gasteiger partial charge in [0, 0.05) is 29.6 Å². The summed E-state index contributed by atoms with van der Waals surface area (Å²) in [6.45, 7) is 8.06. The number of nitrogens with zero attached hydrogens (tertiary/aromatic N) is 2. The van der Waals surface area contributed by atoms with Gasteiger partial charge in [-0.2, -0.15) is 9.40 Å². The van der Waals surface area contributed by atoms with Crippen molar-refractivity contribution in [2.75, 3.05) is 18.4 Å². The van der Waals surface area contributed by atoms with Gasteiger partial charge in [-0.25, -0.2) is 8.42 Å². The number of carbonyl (C=O) groups is 1. The molecule has 0 unspecified atom stereocenters. The predicted molar refractivity (Wildman–Crippen MR) is 116 cm³/mol. The lowest BCUT2D eigenvalue weighted by molar-refractivity contribution is 0.102. The van der Waals surface area contributed by atoms with Crippen LogP contribution in [0.4, 0.5) is 5.82 Å². The molecule has 0 fully saturated rings. The maximum atomic E-state index is 12.9. The van der Waals surface area contributed by atoms with Gasteiger partial charge in [0.15, 0.2) is 5.82 Å². The molecule has 0 aliphatic rings. The van der Waals surface area contributed by atoms with Crippen LogP contribution in [0.3, 0.4) is 0 Å². The highest BCUT2D eigenvalue weighted by Gasteiger charge is 2.25. The van der Waals surface area contributed by atoms with E-state index in [2.05, 4.69) is 15.5 Å². The molecule has 0 bridgehead atoms. The minimum absolute atomic E-state index is 0.144. The molecule has 29 heavy (non-hydrogen) atoms. The third-order valence-corrected chi connectivity index (χ3v) is 7.82. The third kappa shape index (κ3) is 4.42. The first-order chi connectivity index (χ1) is 13.8. The second kappa shape index (κ2) is 8.48. The van der Waals surface area contributed by atoms with Crippen molar-refractivity contribution in [3.8, 4) is 10.6 Å². The summed E-state index contributed by atoms with van der Waals surface area (Å²) in [5.74, 6) is -0.0359. The van der Waals surface area contributed by atoms with Gasteiger partial charge in [-0.1, -0.05) is 19.9 Å². The van der Waals surface area contributed by atoms with Gasteiger partial charge >= 0.3 is 0 Å². The van der Waals surface area contributed by atoms with Gasteiger partial charge in [-0.05, 0) is 43.7 Å². The normalized spacial score (nSPS) is 11.8. The smallest absolute Gasteiger partial charge is 0.256 e. The molecule has 3 rings (SSSR count). The number of aryl methyl sites for hydroxylation is 2. The first kappa shape index (κ1) is 21.2. The van der Waals surface area contributed by atoms with Crippen LogP contribution in [0.1, 0.15) is 34.6 Å². The summed E-state index contributed by atoms with van der Waals surface area (Å²) >= 11 is 1.63. The summed E-state index contributed by atoms with van der Waals surface area (Å²) in [4.78, 5) is 15.0. The Morgan fingerprint density at radius 1 is 1.14 bits per heavy atom. The Morgan fingerprint density at radius 3 is 2.48 bits per heavy atom. The fourth-order valence-corrected chi connectivity index (χ4v) is 5.54. The zero-order valence-corrected chi connectivity index (χ0v) is 18.4. The molecule has 1 amide bonds. The Labute approximate surface area is 174 Å². The van der Waals surface area contributed by atoms with E-state index in [9.17, 15) is 13.2 Å². The molecular formula is C20H24N4O3S2. The van der Waals surface area contributed by atoms with Crippen LogP contribution in [0, 0.1) is 13.8 Å². The number of rotatable bonds is 7. The number of aromatic nitrogens is 2. The zero-order valence-electron chi connectivity index (χ0n) is 16.8. The van der Waals surface area contributed by atoms with Crippen LogP contribution < -0.4 is 5.32 Å². The van der Waals surface area contributed by atoms with E-state index in [0.717, 1.165) is 10.6 Å². The van der Waals surface area contributed by atoms with Gasteiger partial charge < -0.3 is 5.32 Å². The van der Waals surface area contributed by atoms with E-state index >= 15 is 0 Å². The highest BCUT2D eigenvalue weighted by molar-refractivity contribution is 7.89. The number of amides is 1. The van der Waals surface area contributed by atoms with Crippen LogP contribution >= 0.6 is 11.3 Å². The Hall–Kier alpha value is -2.49. The van der Waals surface area contributed by atoms with Crippen molar-refractivity contribution < 1.29 is 13.2 Å². The molecule has 2 heterocycles. The molecule has 0 radical (unpaired) electrons. The average molecular weight is 433 g/mol. The molecule has 0 spiro atoms. The quantitative estimate of drug-likeness (QED) is 0.589. The van der Waals surface area contributed by atoms with Crippen molar-refractivity contribution in [3.05, 3.63) is 52.4 Å². The van der Waals surface area contributed by atoms with Crippen molar-refractivity contribution in [1.29, 1.82) is 0 Å². The minimum atomic E-state index is -3.66. The molecular weight excluding hydrogens is 408 g/mol. The van der Waals surface area contributed by atoms with Gasteiger partial charge in [0.2, 0.25) is 10.0 Å². The topological polar surface area (TPSA) is 95.2 Å². The van der Waals surface area contributed by atoms with Gasteiger partial charge in [-0.15, -0.1) is 11.3 Å². The van der Waals surface area contributed by atoms with Crippen molar-refractivity contribution in [2.24, 2.45) is 0 Å². The second-order valence-corrected chi connectivity index (χ2v) is 9.80. The fraction of sp³-hybridized carbons (Fsp3) is 0.300. The van der Waals surface area contributed by atoms with E-state index in [1.165, 1.54) is 15.2 Å². The third-order valence-electron chi connectivity index (χ3n) is 4.60. The molecule has 7 nitrogen and oxygen atoms in total. The van der Waals surface area contributed by atoms with Crippen LogP contribution in [0.15, 0.2) is 41.3 Å². The fourth-order valence-electron chi connectivity index (χ4n) is 3.00. The summed E-state index contributed by atoms with van der Waals surface area (Å²) in [6, 6.07) is 10.4. The van der Waals surface area contributed by atoms with Gasteiger partial charge in [0.1, 0.15) is 0 Å². The number of hydrogen-bond acceptors (Lipinski definition) is 5. The van der Waals surface area contributed by atoms with E-state index < -0.39 is 15.9 Å². The highest BCUT2D eigenvalue weighted by Crippen LogP contribution is 2.28. The molecule has 0 atom stereocenters. The second-order valence-electron chi connectivity index (χ2n) is 6.60. The molecule has 3 aromatic rings. The molecule has 0 saturated carbocycles. The maximum absolute atomic E-state index is 12.9. The van der Waals surface area contributed by atoms with Crippen molar-refractivity contribution >= 4 is 33.1 Å². The number of sulfonamides is 1. The van der Waals surface area contributed by atoms with Crippen LogP contribution in [0.25, 0.3) is 10.6 Å². The van der Waals surface area contributed by atoms with E-state index in [0.29, 0.717) is 24.5 Å². The van der Waals surface area contributed by atoms with Crippen molar-refractivity contribution in [1.82, 2.24) is 14.5 Å². The van der Waals surface area contributed by atoms with Crippen LogP contribution in [0.2, 0.25) is 0 Å². The number of anilines is 1. The Bertz CT molecular complexity index is 1130. The molecule has 0 aliphatic heterocycles. The number of carbonyl (C=O) groups excluding carboxylic acids is 1. The largest absolute Gasteiger partial charge is 0.305 e. The number of thiophene rings is 1. The number of H-pyrrole nitrogens is 1. The Balaban J connectivity index is 1.84. The van der Waals surface area contributed by atoms with E-state index in [-0.39, 0.29) is 10.5 Å². The predicted octanol–water partition coefficient (Wildman–Crippen LogP) is 4.04. The lowest BCUT2D eigenvalue weighted by Gasteiger charge is -2.20. The molecule has 154 valence electrons. The Morgan fingerprint density at radius 2 is 1.86 bits per heavy atom. The number of hydrogen-bond donors (Lipinski definition) is 2. The molecule has 2 aromatic heterocycles. The van der Waals surface area contributed by atoms with Crippen LogP contribution in [-0.4, -0.2) is 41.9 Å². The Kier molecular flexibility index (Phi) is 6.21. The summed E-state index contributed by atoms with van der Waals surface area (Å²) in [6.07, 6.45) is 0. The summed E-state index contributed by atoms with van der Waals surface area (Å²) < 4.78 is 27.2. The SMILES string of the molecule is CCN(CC)S(=O)(=O)c1cc(C(=O)Nc2cc(-c3ccc(C)s3)[nH]n2)ccc1C. The number of aromatic amines is 1. The summed E-state index contributed by atoms with van der Waals surface area (Å²) in [7, 11) is -3.66. The monoisotopic (exact) mass is 432 g/mol. The standard InChI is InChI=1S/C20H24N4O3S2/c1-5-24(6-2)29(26,27)18-11-15(9-7-13(18)3)20(25)21-19-12-16(22-23-19)17-10-8-14(4)28-17/h7-12H,5-6H2,1-4H3,(H2,21,22,23,25).